The second-order valence-corrected chi connectivity index (χ2v) is 9.03. The molecule has 0 amide bonds. The van der Waals surface area contributed by atoms with Crippen LogP contribution in [0.4, 0.5) is 0 Å². The summed E-state index contributed by atoms with van der Waals surface area (Å²) in [5.74, 6) is -2.81. The molecule has 162 valence electrons. The van der Waals surface area contributed by atoms with E-state index in [0.29, 0.717) is 0 Å². The van der Waals surface area contributed by atoms with Crippen molar-refractivity contribution in [1.29, 1.82) is 0 Å². The maximum Gasteiger partial charge on any atom is 0.339 e. The SMILES string of the molecule is COC(=O)C(c1cccc(OS(=O)(=O)c2ccccc2)c1)C(N)C(=O)OC(C)(C)C. The Balaban J connectivity index is 2.35. The Morgan fingerprint density at radius 3 is 2.17 bits per heavy atom. The molecule has 2 atom stereocenters. The van der Waals surface area contributed by atoms with Gasteiger partial charge in [0, 0.05) is 0 Å². The summed E-state index contributed by atoms with van der Waals surface area (Å²) in [7, 11) is -2.92. The zero-order valence-corrected chi connectivity index (χ0v) is 18.0. The van der Waals surface area contributed by atoms with Crippen LogP contribution in [0.5, 0.6) is 5.75 Å². The van der Waals surface area contributed by atoms with Crippen LogP contribution >= 0.6 is 0 Å². The molecule has 0 aromatic heterocycles. The van der Waals surface area contributed by atoms with Crippen LogP contribution in [0, 0.1) is 0 Å². The lowest BCUT2D eigenvalue weighted by atomic mass is 9.91. The maximum atomic E-state index is 12.5. The minimum Gasteiger partial charge on any atom is -0.468 e. The number of carbonyl (C=O) groups is 2. The Morgan fingerprint density at radius 2 is 1.60 bits per heavy atom. The van der Waals surface area contributed by atoms with Gasteiger partial charge in [0.1, 0.15) is 28.2 Å². The third-order valence-corrected chi connectivity index (χ3v) is 5.21. The lowest BCUT2D eigenvalue weighted by Gasteiger charge is -2.26. The number of carbonyl (C=O) groups excluding carboxylic acids is 2. The Bertz CT molecular complexity index is 998. The maximum absolute atomic E-state index is 12.5. The van der Waals surface area contributed by atoms with Gasteiger partial charge in [-0.05, 0) is 50.6 Å². The van der Waals surface area contributed by atoms with E-state index in [9.17, 15) is 18.0 Å². The quantitative estimate of drug-likeness (QED) is 0.520. The van der Waals surface area contributed by atoms with E-state index in [2.05, 4.69) is 0 Å². The van der Waals surface area contributed by atoms with Crippen molar-refractivity contribution in [3.63, 3.8) is 0 Å². The highest BCUT2D eigenvalue weighted by molar-refractivity contribution is 7.87. The number of methoxy groups -OCH3 is 1. The molecule has 0 fully saturated rings. The van der Waals surface area contributed by atoms with E-state index < -0.39 is 39.6 Å². The lowest BCUT2D eigenvalue weighted by molar-refractivity contribution is -0.160. The highest BCUT2D eigenvalue weighted by Gasteiger charge is 2.36. The first-order valence-electron chi connectivity index (χ1n) is 9.10. The van der Waals surface area contributed by atoms with Gasteiger partial charge in [-0.3, -0.25) is 9.59 Å². The third kappa shape index (κ3) is 6.04. The summed E-state index contributed by atoms with van der Waals surface area (Å²) in [4.78, 5) is 24.8. The number of benzene rings is 2. The summed E-state index contributed by atoms with van der Waals surface area (Å²) < 4.78 is 40.2. The van der Waals surface area contributed by atoms with Gasteiger partial charge in [-0.15, -0.1) is 0 Å². The normalized spacial score (nSPS) is 13.8. The molecule has 30 heavy (non-hydrogen) atoms. The van der Waals surface area contributed by atoms with Gasteiger partial charge in [0.2, 0.25) is 0 Å². The molecule has 9 heteroatoms. The Morgan fingerprint density at radius 1 is 0.967 bits per heavy atom. The molecule has 2 N–H and O–H groups in total. The average molecular weight is 435 g/mol. The van der Waals surface area contributed by atoms with Crippen molar-refractivity contribution in [2.75, 3.05) is 7.11 Å². The zero-order chi connectivity index (χ0) is 22.5. The fourth-order valence-electron chi connectivity index (χ4n) is 2.64. The van der Waals surface area contributed by atoms with E-state index >= 15 is 0 Å². The van der Waals surface area contributed by atoms with Gasteiger partial charge in [-0.2, -0.15) is 8.42 Å². The van der Waals surface area contributed by atoms with Gasteiger partial charge < -0.3 is 19.4 Å². The minimum absolute atomic E-state index is 0.0228. The van der Waals surface area contributed by atoms with Crippen LogP contribution in [0.2, 0.25) is 0 Å². The van der Waals surface area contributed by atoms with Crippen LogP contribution in [-0.4, -0.2) is 39.1 Å². The standard InChI is InChI=1S/C21H25NO7S/c1-21(2,3)28-20(24)18(22)17(19(23)27-4)14-9-8-10-15(13-14)29-30(25,26)16-11-6-5-7-12-16/h5-13,17-18H,22H2,1-4H3. The van der Waals surface area contributed by atoms with Crippen LogP contribution in [0.3, 0.4) is 0 Å². The highest BCUT2D eigenvalue weighted by atomic mass is 32.2. The molecule has 0 bridgehead atoms. The van der Waals surface area contributed by atoms with Crippen molar-refractivity contribution in [2.24, 2.45) is 5.73 Å². The van der Waals surface area contributed by atoms with Crippen molar-refractivity contribution in [2.45, 2.75) is 43.2 Å². The summed E-state index contributed by atoms with van der Waals surface area (Å²) in [6, 6.07) is 12.0. The summed E-state index contributed by atoms with van der Waals surface area (Å²) in [6.45, 7) is 5.02. The third-order valence-electron chi connectivity index (χ3n) is 3.95. The molecular formula is C21H25NO7S. The van der Waals surface area contributed by atoms with E-state index in [1.54, 1.807) is 39.0 Å². The molecule has 8 nitrogen and oxygen atoms in total. The molecule has 0 heterocycles. The number of rotatable bonds is 7. The van der Waals surface area contributed by atoms with E-state index in [-0.39, 0.29) is 16.2 Å². The first kappa shape index (κ1) is 23.4. The van der Waals surface area contributed by atoms with Crippen molar-refractivity contribution in [3.8, 4) is 5.75 Å². The summed E-state index contributed by atoms with van der Waals surface area (Å²) in [5.41, 5.74) is 5.46. The molecule has 0 saturated carbocycles. The van der Waals surface area contributed by atoms with Crippen LogP contribution < -0.4 is 9.92 Å². The molecular weight excluding hydrogens is 410 g/mol. The second-order valence-electron chi connectivity index (χ2n) is 7.48. The number of hydrogen-bond acceptors (Lipinski definition) is 8. The highest BCUT2D eigenvalue weighted by Crippen LogP contribution is 2.27. The smallest absolute Gasteiger partial charge is 0.339 e. The average Bonchev–Trinajstić information content (AvgIpc) is 2.67. The number of ether oxygens (including phenoxy) is 2. The molecule has 0 spiro atoms. The summed E-state index contributed by atoms with van der Waals surface area (Å²) in [5, 5.41) is 0. The lowest BCUT2D eigenvalue weighted by Crippen LogP contribution is -2.44. The Hall–Kier alpha value is -2.91. The minimum atomic E-state index is -4.08. The largest absolute Gasteiger partial charge is 0.468 e. The number of nitrogens with two attached hydrogens (primary N) is 1. The van der Waals surface area contributed by atoms with Gasteiger partial charge in [0.05, 0.1) is 7.11 Å². The van der Waals surface area contributed by atoms with Crippen LogP contribution in [0.25, 0.3) is 0 Å². The van der Waals surface area contributed by atoms with Crippen LogP contribution in [0.15, 0.2) is 59.5 Å². The summed E-state index contributed by atoms with van der Waals surface area (Å²) in [6.07, 6.45) is 0. The second kappa shape index (κ2) is 9.27. The molecule has 2 aromatic rings. The van der Waals surface area contributed by atoms with Crippen molar-refractivity contribution in [3.05, 3.63) is 60.2 Å². The molecule has 0 aliphatic rings. The molecule has 2 unspecified atom stereocenters. The predicted molar refractivity (Wildman–Crippen MR) is 109 cm³/mol. The van der Waals surface area contributed by atoms with Gasteiger partial charge in [0.15, 0.2) is 0 Å². The van der Waals surface area contributed by atoms with Crippen LogP contribution in [-0.2, 0) is 29.2 Å². The first-order chi connectivity index (χ1) is 13.9. The topological polar surface area (TPSA) is 122 Å². The first-order valence-corrected chi connectivity index (χ1v) is 10.5. The van der Waals surface area contributed by atoms with E-state index in [1.807, 2.05) is 0 Å². The monoisotopic (exact) mass is 435 g/mol. The van der Waals surface area contributed by atoms with Crippen molar-refractivity contribution >= 4 is 22.1 Å². The fraction of sp³-hybridized carbons (Fsp3) is 0.333. The fourth-order valence-corrected chi connectivity index (χ4v) is 3.59. The van der Waals surface area contributed by atoms with E-state index in [4.69, 9.17) is 19.4 Å². The molecule has 0 aliphatic heterocycles. The van der Waals surface area contributed by atoms with Crippen LogP contribution in [0.1, 0.15) is 32.3 Å². The predicted octanol–water partition coefficient (Wildman–Crippen LogP) is 2.38. The van der Waals surface area contributed by atoms with Gasteiger partial charge >= 0.3 is 22.1 Å². The Kier molecular flexibility index (Phi) is 7.22. The van der Waals surface area contributed by atoms with Gasteiger partial charge in [-0.1, -0.05) is 30.3 Å². The van der Waals surface area contributed by atoms with E-state index in [0.717, 1.165) is 7.11 Å². The molecule has 2 aromatic carbocycles. The van der Waals surface area contributed by atoms with Gasteiger partial charge in [-0.25, -0.2) is 0 Å². The van der Waals surface area contributed by atoms with Crippen molar-refractivity contribution < 1.29 is 31.7 Å². The molecule has 0 aliphatic carbocycles. The molecule has 0 radical (unpaired) electrons. The Labute approximate surface area is 176 Å². The van der Waals surface area contributed by atoms with Crippen molar-refractivity contribution in [1.82, 2.24) is 0 Å². The molecule has 2 rings (SSSR count). The summed E-state index contributed by atoms with van der Waals surface area (Å²) >= 11 is 0. The molecule has 0 saturated heterocycles. The zero-order valence-electron chi connectivity index (χ0n) is 17.2. The number of esters is 2. The number of hydrogen-bond donors (Lipinski definition) is 1. The van der Waals surface area contributed by atoms with E-state index in [1.165, 1.54) is 36.4 Å². The van der Waals surface area contributed by atoms with Gasteiger partial charge in [0.25, 0.3) is 0 Å².